The van der Waals surface area contributed by atoms with E-state index in [2.05, 4.69) is 12.2 Å². The largest absolute Gasteiger partial charge is 0.480 e. The van der Waals surface area contributed by atoms with Crippen molar-refractivity contribution >= 4 is 5.97 Å². The maximum atomic E-state index is 10.7. The quantitative estimate of drug-likeness (QED) is 0.571. The molecular formula is C10H21NO2. The number of rotatable bonds is 8. The normalized spacial score (nSPS) is 12.8. The Morgan fingerprint density at radius 2 is 2.00 bits per heavy atom. The molecule has 0 spiro atoms. The standard InChI is InChI=1S/C10H21NO2/c1-3-5-6-8-11-9(7-4-2)10(12)13/h9,11H,3-8H2,1-2H3,(H,12,13). The third kappa shape index (κ3) is 6.58. The predicted molar refractivity (Wildman–Crippen MR) is 53.9 cm³/mol. The van der Waals surface area contributed by atoms with Crippen LogP contribution in [0.3, 0.4) is 0 Å². The van der Waals surface area contributed by atoms with Gasteiger partial charge < -0.3 is 10.4 Å². The zero-order valence-corrected chi connectivity index (χ0v) is 8.68. The molecule has 2 N–H and O–H groups in total. The van der Waals surface area contributed by atoms with Gasteiger partial charge in [-0.2, -0.15) is 0 Å². The third-order valence-corrected chi connectivity index (χ3v) is 2.05. The van der Waals surface area contributed by atoms with E-state index in [-0.39, 0.29) is 6.04 Å². The van der Waals surface area contributed by atoms with Gasteiger partial charge in [0.15, 0.2) is 0 Å². The van der Waals surface area contributed by atoms with E-state index < -0.39 is 5.97 Å². The minimum Gasteiger partial charge on any atom is -0.480 e. The van der Waals surface area contributed by atoms with Crippen LogP contribution in [0.5, 0.6) is 0 Å². The lowest BCUT2D eigenvalue weighted by Gasteiger charge is -2.12. The summed E-state index contributed by atoms with van der Waals surface area (Å²) in [5.41, 5.74) is 0. The summed E-state index contributed by atoms with van der Waals surface area (Å²) >= 11 is 0. The Morgan fingerprint density at radius 1 is 1.31 bits per heavy atom. The molecule has 0 rings (SSSR count). The zero-order valence-electron chi connectivity index (χ0n) is 8.68. The smallest absolute Gasteiger partial charge is 0.320 e. The number of nitrogens with one attached hydrogen (secondary N) is 1. The van der Waals surface area contributed by atoms with Crippen LogP contribution in [0.25, 0.3) is 0 Å². The van der Waals surface area contributed by atoms with Gasteiger partial charge in [-0.25, -0.2) is 0 Å². The van der Waals surface area contributed by atoms with Gasteiger partial charge >= 0.3 is 5.97 Å². The van der Waals surface area contributed by atoms with Crippen LogP contribution in [0.4, 0.5) is 0 Å². The first-order valence-corrected chi connectivity index (χ1v) is 5.18. The molecule has 0 saturated carbocycles. The van der Waals surface area contributed by atoms with Crippen molar-refractivity contribution in [3.05, 3.63) is 0 Å². The summed E-state index contributed by atoms with van der Waals surface area (Å²) in [6.45, 7) is 4.97. The summed E-state index contributed by atoms with van der Waals surface area (Å²) in [5, 5.41) is 11.9. The summed E-state index contributed by atoms with van der Waals surface area (Å²) in [7, 11) is 0. The number of carbonyl (C=O) groups is 1. The van der Waals surface area contributed by atoms with E-state index in [1.54, 1.807) is 0 Å². The Labute approximate surface area is 80.5 Å². The second-order valence-corrected chi connectivity index (χ2v) is 3.34. The summed E-state index contributed by atoms with van der Waals surface area (Å²) < 4.78 is 0. The molecule has 0 aliphatic rings. The van der Waals surface area contributed by atoms with E-state index in [4.69, 9.17) is 5.11 Å². The zero-order chi connectivity index (χ0) is 10.1. The average molecular weight is 187 g/mol. The Hall–Kier alpha value is -0.570. The number of carboxylic acid groups (broad SMARTS) is 1. The van der Waals surface area contributed by atoms with Crippen LogP contribution < -0.4 is 5.32 Å². The Morgan fingerprint density at radius 3 is 2.46 bits per heavy atom. The number of carboxylic acids is 1. The van der Waals surface area contributed by atoms with Gasteiger partial charge in [0.25, 0.3) is 0 Å². The topological polar surface area (TPSA) is 49.3 Å². The molecule has 0 fully saturated rings. The summed E-state index contributed by atoms with van der Waals surface area (Å²) in [5.74, 6) is -0.724. The van der Waals surface area contributed by atoms with Gasteiger partial charge in [0.2, 0.25) is 0 Å². The van der Waals surface area contributed by atoms with Gasteiger partial charge in [0.05, 0.1) is 0 Å². The molecule has 0 radical (unpaired) electrons. The predicted octanol–water partition coefficient (Wildman–Crippen LogP) is 2.02. The molecule has 0 aromatic rings. The summed E-state index contributed by atoms with van der Waals surface area (Å²) in [6, 6.07) is -0.346. The average Bonchev–Trinajstić information content (AvgIpc) is 2.10. The van der Waals surface area contributed by atoms with Crippen LogP contribution in [-0.2, 0) is 4.79 Å². The van der Waals surface area contributed by atoms with E-state index in [9.17, 15) is 4.79 Å². The van der Waals surface area contributed by atoms with Crippen LogP contribution in [0.1, 0.15) is 46.0 Å². The van der Waals surface area contributed by atoms with E-state index in [1.807, 2.05) is 6.92 Å². The maximum absolute atomic E-state index is 10.7. The lowest BCUT2D eigenvalue weighted by atomic mass is 10.1. The second-order valence-electron chi connectivity index (χ2n) is 3.34. The first kappa shape index (κ1) is 12.4. The van der Waals surface area contributed by atoms with E-state index in [1.165, 1.54) is 12.8 Å². The molecule has 0 amide bonds. The minimum atomic E-state index is -0.724. The second kappa shape index (κ2) is 8.05. The van der Waals surface area contributed by atoms with Crippen molar-refractivity contribution in [2.75, 3.05) is 6.54 Å². The van der Waals surface area contributed by atoms with Gasteiger partial charge in [-0.15, -0.1) is 0 Å². The highest BCUT2D eigenvalue weighted by Crippen LogP contribution is 1.98. The van der Waals surface area contributed by atoms with Crippen molar-refractivity contribution in [1.82, 2.24) is 5.32 Å². The molecule has 0 saturated heterocycles. The molecule has 13 heavy (non-hydrogen) atoms. The molecule has 78 valence electrons. The molecule has 0 aliphatic carbocycles. The van der Waals surface area contributed by atoms with Crippen molar-refractivity contribution in [2.24, 2.45) is 0 Å². The fraction of sp³-hybridized carbons (Fsp3) is 0.900. The first-order chi connectivity index (χ1) is 6.22. The van der Waals surface area contributed by atoms with Gasteiger partial charge in [-0.3, -0.25) is 4.79 Å². The molecule has 0 bridgehead atoms. The number of aliphatic carboxylic acids is 1. The Bertz CT molecular complexity index is 137. The number of hydrogen-bond donors (Lipinski definition) is 2. The molecule has 1 unspecified atom stereocenters. The summed E-state index contributed by atoms with van der Waals surface area (Å²) in [4.78, 5) is 10.7. The fourth-order valence-electron chi connectivity index (χ4n) is 1.25. The molecule has 3 heteroatoms. The fourth-order valence-corrected chi connectivity index (χ4v) is 1.25. The SMILES string of the molecule is CCCCCNC(CCC)C(=O)O. The van der Waals surface area contributed by atoms with Gasteiger partial charge in [0.1, 0.15) is 6.04 Å². The van der Waals surface area contributed by atoms with Crippen LogP contribution in [0, 0.1) is 0 Å². The highest BCUT2D eigenvalue weighted by atomic mass is 16.4. The highest BCUT2D eigenvalue weighted by molar-refractivity contribution is 5.73. The van der Waals surface area contributed by atoms with Crippen LogP contribution in [0.2, 0.25) is 0 Å². The van der Waals surface area contributed by atoms with Gasteiger partial charge in [-0.1, -0.05) is 33.1 Å². The van der Waals surface area contributed by atoms with Gasteiger partial charge in [0, 0.05) is 0 Å². The van der Waals surface area contributed by atoms with Gasteiger partial charge in [-0.05, 0) is 19.4 Å². The molecule has 1 atom stereocenters. The van der Waals surface area contributed by atoms with E-state index in [0.29, 0.717) is 0 Å². The first-order valence-electron chi connectivity index (χ1n) is 5.18. The van der Waals surface area contributed by atoms with Crippen molar-refractivity contribution in [3.63, 3.8) is 0 Å². The van der Waals surface area contributed by atoms with Crippen molar-refractivity contribution in [1.29, 1.82) is 0 Å². The number of hydrogen-bond acceptors (Lipinski definition) is 2. The van der Waals surface area contributed by atoms with Crippen LogP contribution >= 0.6 is 0 Å². The van der Waals surface area contributed by atoms with E-state index in [0.717, 1.165) is 25.8 Å². The molecule has 3 nitrogen and oxygen atoms in total. The van der Waals surface area contributed by atoms with E-state index >= 15 is 0 Å². The van der Waals surface area contributed by atoms with Crippen molar-refractivity contribution in [3.8, 4) is 0 Å². The Balaban J connectivity index is 3.51. The lowest BCUT2D eigenvalue weighted by molar-refractivity contribution is -0.139. The molecular weight excluding hydrogens is 166 g/mol. The monoisotopic (exact) mass is 187 g/mol. The third-order valence-electron chi connectivity index (χ3n) is 2.05. The van der Waals surface area contributed by atoms with Crippen molar-refractivity contribution < 1.29 is 9.90 Å². The Kier molecular flexibility index (Phi) is 7.69. The molecule has 0 aromatic carbocycles. The lowest BCUT2D eigenvalue weighted by Crippen LogP contribution is -2.37. The number of unbranched alkanes of at least 4 members (excludes halogenated alkanes) is 2. The highest BCUT2D eigenvalue weighted by Gasteiger charge is 2.13. The van der Waals surface area contributed by atoms with Crippen LogP contribution in [-0.4, -0.2) is 23.7 Å². The molecule has 0 aromatic heterocycles. The molecule has 0 aliphatic heterocycles. The maximum Gasteiger partial charge on any atom is 0.320 e. The summed E-state index contributed by atoms with van der Waals surface area (Å²) in [6.07, 6.45) is 5.06. The minimum absolute atomic E-state index is 0.346. The van der Waals surface area contributed by atoms with Crippen molar-refractivity contribution in [2.45, 2.75) is 52.0 Å². The molecule has 0 heterocycles. The van der Waals surface area contributed by atoms with Crippen LogP contribution in [0.15, 0.2) is 0 Å².